The molecule has 156 valence electrons. The first kappa shape index (κ1) is 21.8. The van der Waals surface area contributed by atoms with Gasteiger partial charge in [-0.1, -0.05) is 36.2 Å². The second kappa shape index (κ2) is 9.71. The van der Waals surface area contributed by atoms with Crippen LogP contribution < -0.4 is 5.32 Å². The Morgan fingerprint density at radius 2 is 1.79 bits per heavy atom. The molecule has 1 aliphatic rings. The number of amides is 1. The number of anilines is 1. The monoisotopic (exact) mass is 435 g/mol. The van der Waals surface area contributed by atoms with E-state index < -0.39 is 10.0 Å². The van der Waals surface area contributed by atoms with Gasteiger partial charge in [-0.3, -0.25) is 9.69 Å². The van der Waals surface area contributed by atoms with Crippen molar-refractivity contribution in [3.8, 4) is 0 Å². The van der Waals surface area contributed by atoms with Crippen LogP contribution >= 0.6 is 11.6 Å². The summed E-state index contributed by atoms with van der Waals surface area (Å²) in [4.78, 5) is 14.5. The van der Waals surface area contributed by atoms with Gasteiger partial charge in [0, 0.05) is 30.3 Å². The molecule has 0 saturated carbocycles. The van der Waals surface area contributed by atoms with E-state index >= 15 is 0 Å². The fourth-order valence-corrected chi connectivity index (χ4v) is 5.08. The van der Waals surface area contributed by atoms with Crippen LogP contribution in [0.4, 0.5) is 5.69 Å². The van der Waals surface area contributed by atoms with E-state index in [9.17, 15) is 13.2 Å². The third-order valence-corrected chi connectivity index (χ3v) is 7.00. The number of nitrogens with zero attached hydrogens (tertiary/aromatic N) is 2. The highest BCUT2D eigenvalue weighted by molar-refractivity contribution is 7.89. The molecule has 0 atom stereocenters. The molecular weight excluding hydrogens is 410 g/mol. The van der Waals surface area contributed by atoms with Crippen molar-refractivity contribution in [1.29, 1.82) is 0 Å². The lowest BCUT2D eigenvalue weighted by Gasteiger charge is -2.26. The number of hydrogen-bond acceptors (Lipinski definition) is 4. The van der Waals surface area contributed by atoms with Crippen LogP contribution in [0.15, 0.2) is 53.4 Å². The van der Waals surface area contributed by atoms with E-state index in [2.05, 4.69) is 5.32 Å². The minimum atomic E-state index is -3.53. The molecule has 1 heterocycles. The minimum absolute atomic E-state index is 0.186. The number of carbonyl (C=O) groups is 1. The van der Waals surface area contributed by atoms with Gasteiger partial charge >= 0.3 is 0 Å². The zero-order valence-electron chi connectivity index (χ0n) is 16.5. The maximum atomic E-state index is 12.8. The molecule has 1 aliphatic heterocycles. The minimum Gasteiger partial charge on any atom is -0.325 e. The second-order valence-electron chi connectivity index (χ2n) is 7.34. The van der Waals surface area contributed by atoms with Crippen molar-refractivity contribution < 1.29 is 13.2 Å². The maximum absolute atomic E-state index is 12.8. The van der Waals surface area contributed by atoms with Gasteiger partial charge in [-0.25, -0.2) is 8.42 Å². The predicted molar refractivity (Wildman–Crippen MR) is 115 cm³/mol. The highest BCUT2D eigenvalue weighted by atomic mass is 35.5. The Morgan fingerprint density at radius 3 is 2.48 bits per heavy atom. The number of hydrogen-bond donors (Lipinski definition) is 1. The molecule has 0 radical (unpaired) electrons. The third kappa shape index (κ3) is 6.02. The smallest absolute Gasteiger partial charge is 0.243 e. The lowest BCUT2D eigenvalue weighted by Crippen LogP contribution is -2.35. The first-order valence-corrected chi connectivity index (χ1v) is 11.5. The van der Waals surface area contributed by atoms with Crippen molar-refractivity contribution >= 4 is 33.2 Å². The lowest BCUT2D eigenvalue weighted by atomic mass is 10.2. The molecule has 8 heteroatoms. The summed E-state index contributed by atoms with van der Waals surface area (Å²) in [6.07, 6.45) is 2.83. The number of nitrogens with one attached hydrogen (secondary N) is 1. The fourth-order valence-electron chi connectivity index (χ4n) is 3.39. The molecule has 1 saturated heterocycles. The average Bonchev–Trinajstić information content (AvgIpc) is 2.70. The van der Waals surface area contributed by atoms with Gasteiger partial charge in [0.25, 0.3) is 0 Å². The molecule has 0 bridgehead atoms. The number of rotatable bonds is 7. The number of sulfonamides is 1. The van der Waals surface area contributed by atoms with Gasteiger partial charge in [-0.2, -0.15) is 4.31 Å². The first-order chi connectivity index (χ1) is 13.8. The van der Waals surface area contributed by atoms with E-state index in [1.54, 1.807) is 18.2 Å². The normalized spacial score (nSPS) is 15.4. The van der Waals surface area contributed by atoms with Gasteiger partial charge in [0.2, 0.25) is 15.9 Å². The first-order valence-electron chi connectivity index (χ1n) is 9.68. The summed E-state index contributed by atoms with van der Waals surface area (Å²) in [6.45, 7) is 1.89. The number of halogens is 1. The molecule has 1 amide bonds. The lowest BCUT2D eigenvalue weighted by molar-refractivity contribution is -0.117. The molecule has 0 unspecified atom stereocenters. The Kier molecular flexibility index (Phi) is 7.29. The van der Waals surface area contributed by atoms with Crippen molar-refractivity contribution in [2.24, 2.45) is 0 Å². The quantitative estimate of drug-likeness (QED) is 0.721. The molecule has 2 aromatic rings. The molecule has 3 rings (SSSR count). The molecule has 2 aromatic carbocycles. The van der Waals surface area contributed by atoms with Crippen LogP contribution in [0.5, 0.6) is 0 Å². The van der Waals surface area contributed by atoms with Crippen LogP contribution in [0.25, 0.3) is 0 Å². The van der Waals surface area contributed by atoms with Crippen molar-refractivity contribution in [2.75, 3.05) is 32.0 Å². The standard InChI is InChI=1S/C21H26ClN3O3S/c1-24(15-17-8-10-18(22)11-9-17)16-21(26)23-19-6-5-7-20(14-19)29(27,28)25-12-3-2-4-13-25/h5-11,14H,2-4,12-13,15-16H2,1H3,(H,23,26). The van der Waals surface area contributed by atoms with E-state index in [-0.39, 0.29) is 17.3 Å². The molecule has 29 heavy (non-hydrogen) atoms. The zero-order chi connectivity index (χ0) is 20.9. The van der Waals surface area contributed by atoms with Crippen LogP contribution in [-0.4, -0.2) is 50.2 Å². The van der Waals surface area contributed by atoms with E-state index in [1.165, 1.54) is 10.4 Å². The fraction of sp³-hybridized carbons (Fsp3) is 0.381. The van der Waals surface area contributed by atoms with Crippen LogP contribution in [0.2, 0.25) is 5.02 Å². The van der Waals surface area contributed by atoms with E-state index in [0.717, 1.165) is 24.8 Å². The summed E-state index contributed by atoms with van der Waals surface area (Å²) in [5.74, 6) is -0.200. The molecule has 6 nitrogen and oxygen atoms in total. The van der Waals surface area contributed by atoms with Crippen molar-refractivity contribution in [3.63, 3.8) is 0 Å². The van der Waals surface area contributed by atoms with Gasteiger partial charge in [0.05, 0.1) is 11.4 Å². The SMILES string of the molecule is CN(CC(=O)Nc1cccc(S(=O)(=O)N2CCCCC2)c1)Cc1ccc(Cl)cc1. The van der Waals surface area contributed by atoms with Crippen molar-refractivity contribution in [2.45, 2.75) is 30.7 Å². The summed E-state index contributed by atoms with van der Waals surface area (Å²) < 4.78 is 27.2. The van der Waals surface area contributed by atoms with Crippen LogP contribution in [0.3, 0.4) is 0 Å². The number of piperidine rings is 1. The van der Waals surface area contributed by atoms with E-state index in [0.29, 0.717) is 30.3 Å². The number of likely N-dealkylation sites (N-methyl/N-ethyl adjacent to an activating group) is 1. The maximum Gasteiger partial charge on any atom is 0.243 e. The van der Waals surface area contributed by atoms with Crippen molar-refractivity contribution in [3.05, 3.63) is 59.1 Å². The molecule has 1 fully saturated rings. The summed E-state index contributed by atoms with van der Waals surface area (Å²) in [6, 6.07) is 13.9. The summed E-state index contributed by atoms with van der Waals surface area (Å²) >= 11 is 5.89. The number of benzene rings is 2. The Balaban J connectivity index is 1.60. The van der Waals surface area contributed by atoms with Crippen molar-refractivity contribution in [1.82, 2.24) is 9.21 Å². The van der Waals surface area contributed by atoms with Gasteiger partial charge < -0.3 is 5.32 Å². The third-order valence-electron chi connectivity index (χ3n) is 4.85. The van der Waals surface area contributed by atoms with E-state index in [1.807, 2.05) is 36.2 Å². The highest BCUT2D eigenvalue weighted by Crippen LogP contribution is 2.23. The van der Waals surface area contributed by atoms with E-state index in [4.69, 9.17) is 11.6 Å². The Morgan fingerprint density at radius 1 is 1.10 bits per heavy atom. The summed E-state index contributed by atoms with van der Waals surface area (Å²) in [7, 11) is -1.67. The number of carbonyl (C=O) groups excluding carboxylic acids is 1. The highest BCUT2D eigenvalue weighted by Gasteiger charge is 2.26. The Hall–Kier alpha value is -1.93. The Labute approximate surface area is 177 Å². The molecular formula is C21H26ClN3O3S. The summed E-state index contributed by atoms with van der Waals surface area (Å²) in [5.41, 5.74) is 1.53. The van der Waals surface area contributed by atoms with Crippen LogP contribution in [-0.2, 0) is 21.4 Å². The van der Waals surface area contributed by atoms with Crippen LogP contribution in [0.1, 0.15) is 24.8 Å². The second-order valence-corrected chi connectivity index (χ2v) is 9.71. The summed E-state index contributed by atoms with van der Waals surface area (Å²) in [5, 5.41) is 3.47. The van der Waals surface area contributed by atoms with Gasteiger partial charge in [0.15, 0.2) is 0 Å². The molecule has 1 N–H and O–H groups in total. The van der Waals surface area contributed by atoms with Gasteiger partial charge in [-0.15, -0.1) is 0 Å². The predicted octanol–water partition coefficient (Wildman–Crippen LogP) is 3.59. The molecule has 0 aliphatic carbocycles. The van der Waals surface area contributed by atoms with Crippen LogP contribution in [0, 0.1) is 0 Å². The zero-order valence-corrected chi connectivity index (χ0v) is 18.0. The average molecular weight is 436 g/mol. The topological polar surface area (TPSA) is 69.7 Å². The van der Waals surface area contributed by atoms with Gasteiger partial charge in [0.1, 0.15) is 0 Å². The largest absolute Gasteiger partial charge is 0.325 e. The molecule has 0 spiro atoms. The van der Waals surface area contributed by atoms with Gasteiger partial charge in [-0.05, 0) is 55.8 Å². The Bertz CT molecular complexity index is 942. The molecule has 0 aromatic heterocycles.